The zero-order chi connectivity index (χ0) is 30.0. The van der Waals surface area contributed by atoms with Gasteiger partial charge in [-0.3, -0.25) is 4.72 Å². The molecule has 0 radical (unpaired) electrons. The molecule has 0 bridgehead atoms. The molecule has 0 spiro atoms. The predicted octanol–water partition coefficient (Wildman–Crippen LogP) is 7.36. The lowest BCUT2D eigenvalue weighted by molar-refractivity contribution is 0.410. The maximum atomic E-state index is 15.4. The maximum absolute atomic E-state index is 15.4. The molecule has 8 nitrogen and oxygen atoms in total. The first-order chi connectivity index (χ1) is 20.8. The van der Waals surface area contributed by atoms with Crippen molar-refractivity contribution in [2.75, 3.05) is 10.0 Å². The number of anilines is 2. The Morgan fingerprint density at radius 3 is 2.49 bits per heavy atom. The van der Waals surface area contributed by atoms with E-state index in [1.807, 2.05) is 36.4 Å². The Morgan fingerprint density at radius 2 is 1.70 bits per heavy atom. The molecule has 1 heterocycles. The number of fused-ring (bicyclic) bond motifs is 1. The van der Waals surface area contributed by atoms with Gasteiger partial charge in [-0.05, 0) is 67.5 Å². The van der Waals surface area contributed by atoms with E-state index in [1.54, 1.807) is 24.4 Å². The first-order valence-corrected chi connectivity index (χ1v) is 15.7. The van der Waals surface area contributed by atoms with Crippen LogP contribution in [0.4, 0.5) is 16.0 Å². The van der Waals surface area contributed by atoms with Crippen LogP contribution in [0.15, 0.2) is 96.0 Å². The second kappa shape index (κ2) is 12.2. The van der Waals surface area contributed by atoms with Gasteiger partial charge in [-0.2, -0.15) is 0 Å². The Bertz CT molecular complexity index is 1900. The van der Waals surface area contributed by atoms with Crippen LogP contribution in [0.2, 0.25) is 5.02 Å². The Hall–Kier alpha value is -4.25. The average molecular weight is 618 g/mol. The summed E-state index contributed by atoms with van der Waals surface area (Å²) in [5.74, 6) is 0.0798. The molecule has 220 valence electrons. The number of nitrogens with one attached hydrogen (secondary N) is 2. The minimum atomic E-state index is -4.04. The lowest BCUT2D eigenvalue weighted by Crippen LogP contribution is -2.33. The summed E-state index contributed by atoms with van der Waals surface area (Å²) in [6, 6.07) is 23.6. The van der Waals surface area contributed by atoms with E-state index >= 15 is 4.39 Å². The summed E-state index contributed by atoms with van der Waals surface area (Å²) in [7, 11) is -4.04. The molecule has 0 unspecified atom stereocenters. The molecule has 43 heavy (non-hydrogen) atoms. The zero-order valence-corrected chi connectivity index (χ0v) is 24.6. The number of benzene rings is 4. The van der Waals surface area contributed by atoms with Crippen molar-refractivity contribution in [3.8, 4) is 22.8 Å². The fourth-order valence-electron chi connectivity index (χ4n) is 5.21. The maximum Gasteiger partial charge on any atom is 0.263 e. The molecule has 0 aliphatic heterocycles. The summed E-state index contributed by atoms with van der Waals surface area (Å²) in [6.45, 7) is 0. The van der Waals surface area contributed by atoms with Crippen LogP contribution in [0.3, 0.4) is 0 Å². The van der Waals surface area contributed by atoms with Gasteiger partial charge in [-0.15, -0.1) is 0 Å². The van der Waals surface area contributed by atoms with E-state index in [0.29, 0.717) is 23.0 Å². The molecule has 1 fully saturated rings. The van der Waals surface area contributed by atoms with E-state index in [4.69, 9.17) is 27.1 Å². The van der Waals surface area contributed by atoms with Gasteiger partial charge in [0.25, 0.3) is 10.0 Å². The molecule has 1 saturated carbocycles. The van der Waals surface area contributed by atoms with Crippen molar-refractivity contribution in [1.29, 1.82) is 0 Å². The average Bonchev–Trinajstić information content (AvgIpc) is 3.00. The summed E-state index contributed by atoms with van der Waals surface area (Å²) in [5, 5.41) is 5.15. The third kappa shape index (κ3) is 6.41. The van der Waals surface area contributed by atoms with E-state index in [2.05, 4.69) is 15.0 Å². The van der Waals surface area contributed by atoms with Crippen LogP contribution in [-0.2, 0) is 10.0 Å². The van der Waals surface area contributed by atoms with Gasteiger partial charge in [-0.1, -0.05) is 54.1 Å². The highest BCUT2D eigenvalue weighted by Gasteiger charge is 2.21. The van der Waals surface area contributed by atoms with Crippen LogP contribution >= 0.6 is 11.6 Å². The van der Waals surface area contributed by atoms with E-state index < -0.39 is 15.8 Å². The largest absolute Gasteiger partial charge is 0.453 e. The molecule has 5 aromatic rings. The number of aromatic nitrogens is 2. The number of rotatable bonds is 8. The first-order valence-electron chi connectivity index (χ1n) is 13.9. The zero-order valence-electron chi connectivity index (χ0n) is 23.0. The van der Waals surface area contributed by atoms with Crippen LogP contribution in [0.5, 0.6) is 11.5 Å². The Labute approximate surface area is 254 Å². The fourth-order valence-corrected chi connectivity index (χ4v) is 6.78. The quantitative estimate of drug-likeness (QED) is 0.166. The standard InChI is InChI=1S/C32H29ClFN5O3S/c33-26-7-3-4-8-30(26)43(40,41)39-23-14-16-29(27(34)19-23)42-31-24-6-2-1-5-20(24)9-15-25(31)28-17-18-36-32(38-28)37-22-12-10-21(35)11-13-22/h1-9,14-19,21-22,39H,10-13,35H2,(H,36,37,38). The molecule has 0 saturated heterocycles. The summed E-state index contributed by atoms with van der Waals surface area (Å²) in [6.07, 6.45) is 5.47. The number of nitrogens with zero attached hydrogens (tertiary/aromatic N) is 2. The Kier molecular flexibility index (Phi) is 8.16. The van der Waals surface area contributed by atoms with Gasteiger partial charge in [0, 0.05) is 35.3 Å². The smallest absolute Gasteiger partial charge is 0.263 e. The molecule has 6 rings (SSSR count). The third-order valence-corrected chi connectivity index (χ3v) is 9.32. The number of halogens is 2. The molecule has 1 aliphatic carbocycles. The molecule has 4 aromatic carbocycles. The van der Waals surface area contributed by atoms with E-state index in [1.165, 1.54) is 24.3 Å². The molecule has 1 aliphatic rings. The lowest BCUT2D eigenvalue weighted by Gasteiger charge is -2.26. The highest BCUT2D eigenvalue weighted by atomic mass is 35.5. The predicted molar refractivity (Wildman–Crippen MR) is 168 cm³/mol. The highest BCUT2D eigenvalue weighted by molar-refractivity contribution is 7.92. The number of ether oxygens (including phenoxy) is 1. The van der Waals surface area contributed by atoms with Gasteiger partial charge in [0.2, 0.25) is 5.95 Å². The topological polar surface area (TPSA) is 119 Å². The molecule has 0 atom stereocenters. The second-order valence-corrected chi connectivity index (χ2v) is 12.5. The van der Waals surface area contributed by atoms with Gasteiger partial charge < -0.3 is 15.8 Å². The van der Waals surface area contributed by atoms with Gasteiger partial charge in [0.05, 0.1) is 16.4 Å². The fraction of sp³-hybridized carbons (Fsp3) is 0.188. The highest BCUT2D eigenvalue weighted by Crippen LogP contribution is 2.40. The summed E-state index contributed by atoms with van der Waals surface area (Å²) < 4.78 is 49.8. The van der Waals surface area contributed by atoms with Gasteiger partial charge in [-0.25, -0.2) is 22.8 Å². The minimum absolute atomic E-state index is 0.0260. The van der Waals surface area contributed by atoms with E-state index in [0.717, 1.165) is 42.5 Å². The summed E-state index contributed by atoms with van der Waals surface area (Å²) in [5.41, 5.74) is 7.34. The SMILES string of the molecule is NC1CCC(Nc2nccc(-c3ccc4ccccc4c3Oc3ccc(NS(=O)(=O)c4ccccc4Cl)cc3F)n2)CC1. The Morgan fingerprint density at radius 1 is 0.930 bits per heavy atom. The normalized spacial score (nSPS) is 17.0. The van der Waals surface area contributed by atoms with Crippen molar-refractivity contribution in [3.05, 3.63) is 102 Å². The van der Waals surface area contributed by atoms with Gasteiger partial charge in [0.15, 0.2) is 11.6 Å². The molecule has 4 N–H and O–H groups in total. The van der Waals surface area contributed by atoms with E-state index in [9.17, 15) is 8.42 Å². The van der Waals surface area contributed by atoms with Crippen LogP contribution < -0.4 is 20.5 Å². The minimum Gasteiger partial charge on any atom is -0.453 e. The lowest BCUT2D eigenvalue weighted by atomic mass is 9.92. The monoisotopic (exact) mass is 617 g/mol. The second-order valence-electron chi connectivity index (χ2n) is 10.5. The van der Waals surface area contributed by atoms with E-state index in [-0.39, 0.29) is 33.4 Å². The van der Waals surface area contributed by atoms with Crippen LogP contribution in [0.25, 0.3) is 22.0 Å². The molecule has 11 heteroatoms. The summed E-state index contributed by atoms with van der Waals surface area (Å²) >= 11 is 6.07. The number of sulfonamides is 1. The molecular formula is C32H29ClFN5O3S. The summed E-state index contributed by atoms with van der Waals surface area (Å²) in [4.78, 5) is 9.07. The van der Waals surface area contributed by atoms with Crippen molar-refractivity contribution in [2.45, 2.75) is 42.7 Å². The molecule has 0 amide bonds. The molecular weight excluding hydrogens is 589 g/mol. The van der Waals surface area contributed by atoms with Crippen molar-refractivity contribution in [2.24, 2.45) is 5.73 Å². The van der Waals surface area contributed by atoms with Crippen molar-refractivity contribution >= 4 is 44.0 Å². The van der Waals surface area contributed by atoms with Crippen LogP contribution in [0.1, 0.15) is 25.7 Å². The van der Waals surface area contributed by atoms with Crippen molar-refractivity contribution < 1.29 is 17.5 Å². The van der Waals surface area contributed by atoms with Gasteiger partial charge in [0.1, 0.15) is 10.6 Å². The first kappa shape index (κ1) is 28.9. The number of nitrogens with two attached hydrogens (primary N) is 1. The third-order valence-electron chi connectivity index (χ3n) is 7.44. The Balaban J connectivity index is 1.31. The number of hydrogen-bond donors (Lipinski definition) is 3. The van der Waals surface area contributed by atoms with Gasteiger partial charge >= 0.3 is 0 Å². The van der Waals surface area contributed by atoms with Crippen molar-refractivity contribution in [1.82, 2.24) is 9.97 Å². The van der Waals surface area contributed by atoms with Crippen LogP contribution in [0, 0.1) is 5.82 Å². The molecule has 1 aromatic heterocycles. The van der Waals surface area contributed by atoms with Crippen LogP contribution in [-0.4, -0.2) is 30.5 Å². The van der Waals surface area contributed by atoms with Crippen molar-refractivity contribution in [3.63, 3.8) is 0 Å². The number of hydrogen-bond acceptors (Lipinski definition) is 7.